The van der Waals surface area contributed by atoms with Gasteiger partial charge in [0.05, 0.1) is 18.1 Å². The van der Waals surface area contributed by atoms with Gasteiger partial charge in [-0.1, -0.05) is 5.16 Å². The molecule has 5 nitrogen and oxygen atoms in total. The van der Waals surface area contributed by atoms with E-state index >= 15 is 0 Å². The van der Waals surface area contributed by atoms with Crippen LogP contribution in [-0.4, -0.2) is 17.3 Å². The monoisotopic (exact) mass is 301 g/mol. The molecule has 2 aromatic rings. The smallest absolute Gasteiger partial charge is 0.240 e. The first-order valence-corrected chi connectivity index (χ1v) is 5.51. The third-order valence-corrected chi connectivity index (χ3v) is 2.75. The molecule has 0 radical (unpaired) electrons. The molecule has 0 aliphatic carbocycles. The molecule has 0 atom stereocenters. The molecule has 90 valence electrons. The number of methoxy groups -OCH3 is 1. The lowest BCUT2D eigenvalue weighted by Gasteiger charge is -2.07. The normalized spacial score (nSPS) is 10.6. The fourth-order valence-corrected chi connectivity index (χ4v) is 1.87. The van der Waals surface area contributed by atoms with Crippen LogP contribution >= 0.6 is 15.9 Å². The summed E-state index contributed by atoms with van der Waals surface area (Å²) in [5.74, 6) is 0.173. The van der Waals surface area contributed by atoms with Crippen molar-refractivity contribution in [3.63, 3.8) is 0 Å². The summed E-state index contributed by atoms with van der Waals surface area (Å²) in [4.78, 5) is 3.97. The van der Waals surface area contributed by atoms with E-state index in [0.29, 0.717) is 10.2 Å². The zero-order chi connectivity index (χ0) is 12.4. The predicted octanol–water partition coefficient (Wildman–Crippen LogP) is 2.11. The number of aromatic nitrogens is 2. The fraction of sp³-hybridized carbons (Fsp3) is 0.200. The summed E-state index contributed by atoms with van der Waals surface area (Å²) in [6.45, 7) is 0.102. The van der Waals surface area contributed by atoms with Crippen molar-refractivity contribution in [3.8, 4) is 17.1 Å². The molecule has 0 aliphatic rings. The van der Waals surface area contributed by atoms with Crippen molar-refractivity contribution in [2.45, 2.75) is 6.54 Å². The molecule has 1 aromatic carbocycles. The van der Waals surface area contributed by atoms with Crippen molar-refractivity contribution in [2.24, 2.45) is 5.73 Å². The summed E-state index contributed by atoms with van der Waals surface area (Å²) in [5.41, 5.74) is 5.49. The SMILES string of the molecule is COc1c(Br)ccc(F)c1-c1noc(CN)n1. The molecule has 17 heavy (non-hydrogen) atoms. The van der Waals surface area contributed by atoms with E-state index in [2.05, 4.69) is 26.1 Å². The number of ether oxygens (including phenoxy) is 1. The Labute approximate surface area is 105 Å². The minimum atomic E-state index is -0.491. The lowest BCUT2D eigenvalue weighted by molar-refractivity contribution is 0.379. The van der Waals surface area contributed by atoms with E-state index in [1.807, 2.05) is 0 Å². The van der Waals surface area contributed by atoms with E-state index in [0.717, 1.165) is 0 Å². The average molecular weight is 302 g/mol. The molecule has 0 saturated heterocycles. The molecule has 2 N–H and O–H groups in total. The van der Waals surface area contributed by atoms with E-state index in [1.54, 1.807) is 6.07 Å². The molecule has 0 aliphatic heterocycles. The molecule has 0 amide bonds. The molecule has 0 fully saturated rings. The average Bonchev–Trinajstić information content (AvgIpc) is 2.80. The first-order valence-electron chi connectivity index (χ1n) is 4.72. The quantitative estimate of drug-likeness (QED) is 0.940. The number of nitrogens with zero attached hydrogens (tertiary/aromatic N) is 2. The van der Waals surface area contributed by atoms with Gasteiger partial charge in [0, 0.05) is 0 Å². The summed E-state index contributed by atoms with van der Waals surface area (Å²) in [6.07, 6.45) is 0. The molecule has 1 aromatic heterocycles. The topological polar surface area (TPSA) is 74.2 Å². The maximum absolute atomic E-state index is 13.8. The molecule has 0 saturated carbocycles. The maximum Gasteiger partial charge on any atom is 0.240 e. The van der Waals surface area contributed by atoms with Crippen molar-refractivity contribution in [3.05, 3.63) is 28.3 Å². The van der Waals surface area contributed by atoms with Gasteiger partial charge in [-0.15, -0.1) is 0 Å². The summed E-state index contributed by atoms with van der Waals surface area (Å²) in [5, 5.41) is 3.66. The second-order valence-electron chi connectivity index (χ2n) is 3.15. The molecule has 1 heterocycles. The zero-order valence-corrected chi connectivity index (χ0v) is 10.5. The summed E-state index contributed by atoms with van der Waals surface area (Å²) in [6, 6.07) is 2.84. The first-order chi connectivity index (χ1) is 8.17. The standard InChI is InChI=1S/C10H9BrFN3O2/c1-16-9-5(11)2-3-6(12)8(9)10-14-7(4-13)17-15-10/h2-3H,4,13H2,1H3. The third kappa shape index (κ3) is 2.16. The van der Waals surface area contributed by atoms with E-state index in [4.69, 9.17) is 15.0 Å². The van der Waals surface area contributed by atoms with Gasteiger partial charge in [0.25, 0.3) is 0 Å². The van der Waals surface area contributed by atoms with Crippen LogP contribution in [0.5, 0.6) is 5.75 Å². The second kappa shape index (κ2) is 4.80. The Kier molecular flexibility index (Phi) is 3.39. The highest BCUT2D eigenvalue weighted by Crippen LogP contribution is 2.36. The van der Waals surface area contributed by atoms with Crippen molar-refractivity contribution in [2.75, 3.05) is 7.11 Å². The third-order valence-electron chi connectivity index (χ3n) is 2.13. The molecular formula is C10H9BrFN3O2. The number of nitrogens with two attached hydrogens (primary N) is 1. The van der Waals surface area contributed by atoms with Gasteiger partial charge in [-0.3, -0.25) is 0 Å². The van der Waals surface area contributed by atoms with Gasteiger partial charge in [0.15, 0.2) is 0 Å². The maximum atomic E-state index is 13.8. The molecule has 0 spiro atoms. The zero-order valence-electron chi connectivity index (χ0n) is 8.91. The second-order valence-corrected chi connectivity index (χ2v) is 4.01. The minimum absolute atomic E-state index is 0.102. The van der Waals surface area contributed by atoms with E-state index in [1.165, 1.54) is 13.2 Å². The van der Waals surface area contributed by atoms with Crippen LogP contribution in [0.15, 0.2) is 21.1 Å². The molecule has 0 bridgehead atoms. The van der Waals surface area contributed by atoms with Crippen molar-refractivity contribution >= 4 is 15.9 Å². The Morgan fingerprint density at radius 2 is 2.29 bits per heavy atom. The van der Waals surface area contributed by atoms with Crippen molar-refractivity contribution in [1.82, 2.24) is 10.1 Å². The fourth-order valence-electron chi connectivity index (χ4n) is 1.38. The Hall–Kier alpha value is -1.47. The van der Waals surface area contributed by atoms with Gasteiger partial charge >= 0.3 is 0 Å². The largest absolute Gasteiger partial charge is 0.495 e. The lowest BCUT2D eigenvalue weighted by Crippen LogP contribution is -1.97. The van der Waals surface area contributed by atoms with Gasteiger partial charge in [-0.2, -0.15) is 4.98 Å². The van der Waals surface area contributed by atoms with Crippen LogP contribution in [0, 0.1) is 5.82 Å². The molecule has 7 heteroatoms. The highest BCUT2D eigenvalue weighted by molar-refractivity contribution is 9.10. The lowest BCUT2D eigenvalue weighted by atomic mass is 10.2. The van der Waals surface area contributed by atoms with Crippen LogP contribution < -0.4 is 10.5 Å². The Morgan fingerprint density at radius 3 is 2.88 bits per heavy atom. The minimum Gasteiger partial charge on any atom is -0.495 e. The number of hydrogen-bond acceptors (Lipinski definition) is 5. The van der Waals surface area contributed by atoms with E-state index in [-0.39, 0.29) is 23.8 Å². The Balaban J connectivity index is 2.60. The van der Waals surface area contributed by atoms with Crippen LogP contribution in [-0.2, 0) is 6.54 Å². The van der Waals surface area contributed by atoms with Crippen LogP contribution in [0.25, 0.3) is 11.4 Å². The molecule has 0 unspecified atom stereocenters. The Bertz CT molecular complexity index is 544. The van der Waals surface area contributed by atoms with E-state index < -0.39 is 5.82 Å². The van der Waals surface area contributed by atoms with E-state index in [9.17, 15) is 4.39 Å². The highest BCUT2D eigenvalue weighted by Gasteiger charge is 2.19. The molecular weight excluding hydrogens is 293 g/mol. The van der Waals surface area contributed by atoms with Gasteiger partial charge < -0.3 is 15.0 Å². The predicted molar refractivity (Wildman–Crippen MR) is 61.8 cm³/mol. The molecule has 2 rings (SSSR count). The van der Waals surface area contributed by atoms with Crippen molar-refractivity contribution in [1.29, 1.82) is 0 Å². The van der Waals surface area contributed by atoms with Crippen LogP contribution in [0.1, 0.15) is 5.89 Å². The van der Waals surface area contributed by atoms with Crippen LogP contribution in [0.4, 0.5) is 4.39 Å². The van der Waals surface area contributed by atoms with Gasteiger partial charge in [-0.25, -0.2) is 4.39 Å². The van der Waals surface area contributed by atoms with Gasteiger partial charge in [0.2, 0.25) is 11.7 Å². The number of halogens is 2. The van der Waals surface area contributed by atoms with Crippen molar-refractivity contribution < 1.29 is 13.7 Å². The summed E-state index contributed by atoms with van der Waals surface area (Å²) >= 11 is 3.26. The summed E-state index contributed by atoms with van der Waals surface area (Å²) in [7, 11) is 1.44. The van der Waals surface area contributed by atoms with Crippen LogP contribution in [0.3, 0.4) is 0 Å². The number of benzene rings is 1. The first kappa shape index (κ1) is 12.0. The highest BCUT2D eigenvalue weighted by atomic mass is 79.9. The van der Waals surface area contributed by atoms with Gasteiger partial charge in [0.1, 0.15) is 17.1 Å². The number of rotatable bonds is 3. The summed E-state index contributed by atoms with van der Waals surface area (Å²) < 4.78 is 24.3. The van der Waals surface area contributed by atoms with Crippen LogP contribution in [0.2, 0.25) is 0 Å². The van der Waals surface area contributed by atoms with Gasteiger partial charge in [-0.05, 0) is 28.1 Å². The number of hydrogen-bond donors (Lipinski definition) is 1. The Morgan fingerprint density at radius 1 is 1.53 bits per heavy atom.